The number of carbonyl (C=O) groups excluding carboxylic acids is 1. The highest BCUT2D eigenvalue weighted by atomic mass is 16.1. The number of hydrogen-bond donors (Lipinski definition) is 0. The quantitative estimate of drug-likeness (QED) is 0.714. The number of hydrogen-bond acceptors (Lipinski definition) is 2. The molecule has 0 spiro atoms. The Labute approximate surface area is 91.7 Å². The first-order valence-corrected chi connectivity index (χ1v) is 5.69. The lowest BCUT2D eigenvalue weighted by atomic mass is 9.94. The van der Waals surface area contributed by atoms with Crippen molar-refractivity contribution < 1.29 is 4.79 Å². The van der Waals surface area contributed by atoms with E-state index in [1.807, 2.05) is 18.3 Å². The van der Waals surface area contributed by atoms with E-state index in [4.69, 9.17) is 0 Å². The topological polar surface area (TPSA) is 30.0 Å². The van der Waals surface area contributed by atoms with Crippen molar-refractivity contribution in [2.75, 3.05) is 0 Å². The van der Waals surface area contributed by atoms with Gasteiger partial charge in [-0.15, -0.1) is 0 Å². The first kappa shape index (κ1) is 11.9. The van der Waals surface area contributed by atoms with Gasteiger partial charge in [0.25, 0.3) is 0 Å². The minimum absolute atomic E-state index is 0.252. The highest BCUT2D eigenvalue weighted by molar-refractivity contribution is 5.81. The molecular formula is C13H19NO. The second kappa shape index (κ2) is 6.33. The van der Waals surface area contributed by atoms with E-state index in [9.17, 15) is 4.79 Å². The molecule has 1 rings (SSSR count). The van der Waals surface area contributed by atoms with E-state index in [1.54, 1.807) is 6.20 Å². The summed E-state index contributed by atoms with van der Waals surface area (Å²) in [5.74, 6) is 0.644. The predicted octanol–water partition coefficient (Wildman–Crippen LogP) is 3.02. The van der Waals surface area contributed by atoms with Crippen LogP contribution in [0.1, 0.15) is 38.7 Å². The summed E-state index contributed by atoms with van der Waals surface area (Å²) in [7, 11) is 0. The number of aryl methyl sites for hydroxylation is 1. The van der Waals surface area contributed by atoms with Crippen molar-refractivity contribution in [3.63, 3.8) is 0 Å². The molecule has 0 unspecified atom stereocenters. The van der Waals surface area contributed by atoms with Gasteiger partial charge in [0.1, 0.15) is 5.78 Å². The molecule has 0 aliphatic rings. The van der Waals surface area contributed by atoms with Crippen LogP contribution in [-0.4, -0.2) is 10.8 Å². The Bertz CT molecular complexity index is 291. The van der Waals surface area contributed by atoms with Crippen molar-refractivity contribution in [1.82, 2.24) is 4.98 Å². The molecule has 2 nitrogen and oxygen atoms in total. The second-order valence-corrected chi connectivity index (χ2v) is 3.84. The molecule has 0 amide bonds. The zero-order valence-electron chi connectivity index (χ0n) is 9.57. The molecule has 0 saturated carbocycles. The van der Waals surface area contributed by atoms with Gasteiger partial charge >= 0.3 is 0 Å². The molecule has 0 fully saturated rings. The highest BCUT2D eigenvalue weighted by Gasteiger charge is 2.13. The minimum atomic E-state index is 0.252. The van der Waals surface area contributed by atoms with E-state index in [1.165, 1.54) is 0 Å². The number of Topliss-reactive ketones (excluding diaryl/α,β-unsaturated/α-hetero) is 1. The number of pyridine rings is 1. The van der Waals surface area contributed by atoms with Gasteiger partial charge in [0.15, 0.2) is 0 Å². The number of nitrogens with zero attached hydrogens (tertiary/aromatic N) is 1. The third-order valence-corrected chi connectivity index (χ3v) is 2.82. The van der Waals surface area contributed by atoms with Crippen molar-refractivity contribution in [3.8, 4) is 0 Å². The molecule has 1 aromatic rings. The molecule has 0 aliphatic carbocycles. The summed E-state index contributed by atoms with van der Waals surface area (Å²) in [6, 6.07) is 3.93. The fourth-order valence-electron chi connectivity index (χ4n) is 1.76. The molecule has 0 saturated heterocycles. The summed E-state index contributed by atoms with van der Waals surface area (Å²) in [6.07, 6.45) is 6.98. The van der Waals surface area contributed by atoms with Crippen LogP contribution in [0.25, 0.3) is 0 Å². The largest absolute Gasteiger partial charge is 0.299 e. The molecule has 0 radical (unpaired) electrons. The fourth-order valence-corrected chi connectivity index (χ4v) is 1.76. The average Bonchev–Trinajstić information content (AvgIpc) is 2.29. The SMILES string of the molecule is CCC(CC)C(=O)CCc1cccnc1. The summed E-state index contributed by atoms with van der Waals surface area (Å²) in [6.45, 7) is 4.16. The molecule has 1 aromatic heterocycles. The lowest BCUT2D eigenvalue weighted by Crippen LogP contribution is -2.13. The predicted molar refractivity (Wildman–Crippen MR) is 61.6 cm³/mol. The van der Waals surface area contributed by atoms with Gasteiger partial charge in [0.2, 0.25) is 0 Å². The van der Waals surface area contributed by atoms with Gasteiger partial charge < -0.3 is 0 Å². The maximum atomic E-state index is 11.8. The number of ketones is 1. The molecule has 0 aliphatic heterocycles. The van der Waals surface area contributed by atoms with Gasteiger partial charge in [0.05, 0.1) is 0 Å². The van der Waals surface area contributed by atoms with Crippen molar-refractivity contribution in [2.24, 2.45) is 5.92 Å². The Hall–Kier alpha value is -1.18. The summed E-state index contributed by atoms with van der Waals surface area (Å²) in [5, 5.41) is 0. The molecule has 0 atom stereocenters. The van der Waals surface area contributed by atoms with Gasteiger partial charge in [0, 0.05) is 24.7 Å². The van der Waals surface area contributed by atoms with E-state index >= 15 is 0 Å². The molecule has 1 heterocycles. The Morgan fingerprint density at radius 3 is 2.67 bits per heavy atom. The van der Waals surface area contributed by atoms with Crippen molar-refractivity contribution in [3.05, 3.63) is 30.1 Å². The van der Waals surface area contributed by atoms with Gasteiger partial charge in [-0.25, -0.2) is 0 Å². The fraction of sp³-hybridized carbons (Fsp3) is 0.538. The van der Waals surface area contributed by atoms with Crippen LogP contribution in [0.3, 0.4) is 0 Å². The van der Waals surface area contributed by atoms with Gasteiger partial charge in [-0.05, 0) is 30.9 Å². The Kier molecular flexibility index (Phi) is 5.02. The Morgan fingerprint density at radius 1 is 1.40 bits per heavy atom. The van der Waals surface area contributed by atoms with E-state index in [0.29, 0.717) is 12.2 Å². The number of aromatic nitrogens is 1. The zero-order chi connectivity index (χ0) is 11.1. The maximum absolute atomic E-state index is 11.8. The van der Waals surface area contributed by atoms with Crippen LogP contribution >= 0.6 is 0 Å². The second-order valence-electron chi connectivity index (χ2n) is 3.84. The van der Waals surface area contributed by atoms with Crippen LogP contribution in [0.5, 0.6) is 0 Å². The van der Waals surface area contributed by atoms with E-state index in [-0.39, 0.29) is 5.92 Å². The third kappa shape index (κ3) is 3.82. The van der Waals surface area contributed by atoms with Crippen molar-refractivity contribution in [1.29, 1.82) is 0 Å². The molecule has 15 heavy (non-hydrogen) atoms. The Balaban J connectivity index is 2.40. The van der Waals surface area contributed by atoms with Crippen LogP contribution < -0.4 is 0 Å². The molecule has 0 aromatic carbocycles. The van der Waals surface area contributed by atoms with Crippen LogP contribution in [0, 0.1) is 5.92 Å². The molecule has 2 heteroatoms. The van der Waals surface area contributed by atoms with E-state index in [0.717, 1.165) is 24.8 Å². The summed E-state index contributed by atoms with van der Waals surface area (Å²) in [5.41, 5.74) is 1.15. The van der Waals surface area contributed by atoms with E-state index in [2.05, 4.69) is 18.8 Å². The summed E-state index contributed by atoms with van der Waals surface area (Å²) < 4.78 is 0. The monoisotopic (exact) mass is 205 g/mol. The maximum Gasteiger partial charge on any atom is 0.136 e. The summed E-state index contributed by atoms with van der Waals surface area (Å²) >= 11 is 0. The summed E-state index contributed by atoms with van der Waals surface area (Å²) in [4.78, 5) is 15.8. The molecular weight excluding hydrogens is 186 g/mol. The first-order valence-electron chi connectivity index (χ1n) is 5.69. The van der Waals surface area contributed by atoms with Crippen LogP contribution in [0.4, 0.5) is 0 Å². The highest BCUT2D eigenvalue weighted by Crippen LogP contribution is 2.13. The number of rotatable bonds is 6. The molecule has 82 valence electrons. The van der Waals surface area contributed by atoms with Gasteiger partial charge in [-0.1, -0.05) is 19.9 Å². The number of carbonyl (C=O) groups is 1. The lowest BCUT2D eigenvalue weighted by molar-refractivity contribution is -0.123. The van der Waals surface area contributed by atoms with Crippen LogP contribution in [-0.2, 0) is 11.2 Å². The van der Waals surface area contributed by atoms with E-state index < -0.39 is 0 Å². The van der Waals surface area contributed by atoms with Crippen LogP contribution in [0.15, 0.2) is 24.5 Å². The van der Waals surface area contributed by atoms with Gasteiger partial charge in [-0.3, -0.25) is 9.78 Å². The van der Waals surface area contributed by atoms with Gasteiger partial charge in [-0.2, -0.15) is 0 Å². The average molecular weight is 205 g/mol. The standard InChI is InChI=1S/C13H19NO/c1-3-12(4-2)13(15)8-7-11-6-5-9-14-10-11/h5-6,9-10,12H,3-4,7-8H2,1-2H3. The normalized spacial score (nSPS) is 10.6. The Morgan fingerprint density at radius 2 is 2.13 bits per heavy atom. The third-order valence-electron chi connectivity index (χ3n) is 2.82. The van der Waals surface area contributed by atoms with Crippen molar-refractivity contribution >= 4 is 5.78 Å². The smallest absolute Gasteiger partial charge is 0.136 e. The molecule has 0 bridgehead atoms. The first-order chi connectivity index (χ1) is 7.27. The lowest BCUT2D eigenvalue weighted by Gasteiger charge is -2.10. The van der Waals surface area contributed by atoms with Crippen molar-refractivity contribution in [2.45, 2.75) is 39.5 Å². The molecule has 0 N–H and O–H groups in total. The van der Waals surface area contributed by atoms with Crippen LogP contribution in [0.2, 0.25) is 0 Å². The zero-order valence-corrected chi connectivity index (χ0v) is 9.57. The minimum Gasteiger partial charge on any atom is -0.299 e.